The smallest absolute Gasteiger partial charge is 0.0738 e. The molecule has 0 radical (unpaired) electrons. The Balaban J connectivity index is 1.95. The van der Waals surface area contributed by atoms with E-state index >= 15 is 0 Å². The van der Waals surface area contributed by atoms with Crippen LogP contribution in [0, 0.1) is 19.8 Å². The summed E-state index contributed by atoms with van der Waals surface area (Å²) in [5, 5.41) is 4.50. The fourth-order valence-corrected chi connectivity index (χ4v) is 2.29. The van der Waals surface area contributed by atoms with Crippen molar-refractivity contribution in [1.29, 1.82) is 0 Å². The lowest BCUT2D eigenvalue weighted by molar-refractivity contribution is 0.183. The monoisotopic (exact) mass is 272 g/mol. The maximum atomic E-state index is 5.37. The fraction of sp³-hybridized carbons (Fsp3) is 0.727. The predicted molar refractivity (Wildman–Crippen MR) is 62.9 cm³/mol. The number of nitrogens with zero attached hydrogens (tertiary/aromatic N) is 2. The molecule has 0 amide bonds. The van der Waals surface area contributed by atoms with Crippen molar-refractivity contribution in [3.8, 4) is 0 Å². The van der Waals surface area contributed by atoms with Crippen molar-refractivity contribution in [2.75, 3.05) is 13.2 Å². The van der Waals surface area contributed by atoms with E-state index in [0.717, 1.165) is 35.8 Å². The number of halogens is 1. The number of hydrogen-bond acceptors (Lipinski definition) is 2. The first-order valence-electron chi connectivity index (χ1n) is 5.45. The summed E-state index contributed by atoms with van der Waals surface area (Å²) in [7, 11) is 0. The molecule has 4 heteroatoms. The van der Waals surface area contributed by atoms with Gasteiger partial charge in [-0.3, -0.25) is 4.68 Å². The number of aryl methyl sites for hydroxylation is 2. The molecule has 1 unspecified atom stereocenters. The number of ether oxygens (including phenoxy) is 1. The average molecular weight is 273 g/mol. The van der Waals surface area contributed by atoms with Crippen molar-refractivity contribution in [2.24, 2.45) is 5.92 Å². The van der Waals surface area contributed by atoms with Crippen molar-refractivity contribution < 1.29 is 4.74 Å². The van der Waals surface area contributed by atoms with Crippen LogP contribution in [0.25, 0.3) is 0 Å². The molecule has 1 aliphatic heterocycles. The van der Waals surface area contributed by atoms with Crippen LogP contribution >= 0.6 is 15.9 Å². The summed E-state index contributed by atoms with van der Waals surface area (Å²) in [5.74, 6) is 0.729. The van der Waals surface area contributed by atoms with E-state index in [-0.39, 0.29) is 0 Å². The Hall–Kier alpha value is -0.350. The van der Waals surface area contributed by atoms with Crippen LogP contribution in [0.3, 0.4) is 0 Å². The topological polar surface area (TPSA) is 27.1 Å². The normalized spacial score (nSPS) is 21.1. The minimum Gasteiger partial charge on any atom is -0.381 e. The molecule has 1 atom stereocenters. The Kier molecular flexibility index (Phi) is 3.46. The van der Waals surface area contributed by atoms with Gasteiger partial charge in [0.25, 0.3) is 0 Å². The minimum atomic E-state index is 0.729. The van der Waals surface area contributed by atoms with Gasteiger partial charge in [0, 0.05) is 25.5 Å². The lowest BCUT2D eigenvalue weighted by Crippen LogP contribution is -2.08. The van der Waals surface area contributed by atoms with Gasteiger partial charge in [-0.05, 0) is 48.5 Å². The van der Waals surface area contributed by atoms with Crippen LogP contribution in [0.5, 0.6) is 0 Å². The Morgan fingerprint density at radius 3 is 2.87 bits per heavy atom. The lowest BCUT2D eigenvalue weighted by Gasteiger charge is -2.08. The molecule has 0 N–H and O–H groups in total. The third kappa shape index (κ3) is 2.42. The third-order valence-electron chi connectivity index (χ3n) is 3.07. The van der Waals surface area contributed by atoms with E-state index in [0.29, 0.717) is 0 Å². The van der Waals surface area contributed by atoms with Gasteiger partial charge in [0.2, 0.25) is 0 Å². The standard InChI is InChI=1S/C11H17BrN2O/c1-8-11(12)9(2)14(13-8)5-3-10-4-6-15-7-10/h10H,3-7H2,1-2H3. The second-order valence-electron chi connectivity index (χ2n) is 4.23. The van der Waals surface area contributed by atoms with Crippen molar-refractivity contribution in [2.45, 2.75) is 33.2 Å². The van der Waals surface area contributed by atoms with Gasteiger partial charge in [-0.15, -0.1) is 0 Å². The largest absolute Gasteiger partial charge is 0.381 e. The van der Waals surface area contributed by atoms with E-state index < -0.39 is 0 Å². The molecule has 2 rings (SSSR count). The van der Waals surface area contributed by atoms with Gasteiger partial charge < -0.3 is 4.74 Å². The van der Waals surface area contributed by atoms with Crippen LogP contribution in [-0.4, -0.2) is 23.0 Å². The summed E-state index contributed by atoms with van der Waals surface area (Å²) >= 11 is 3.55. The van der Waals surface area contributed by atoms with Crippen LogP contribution in [0.1, 0.15) is 24.2 Å². The molecule has 1 aromatic rings. The second kappa shape index (κ2) is 4.66. The van der Waals surface area contributed by atoms with Crippen molar-refractivity contribution in [1.82, 2.24) is 9.78 Å². The summed E-state index contributed by atoms with van der Waals surface area (Å²) in [4.78, 5) is 0. The highest BCUT2D eigenvalue weighted by Gasteiger charge is 2.16. The SMILES string of the molecule is Cc1nn(CCC2CCOC2)c(C)c1Br. The highest BCUT2D eigenvalue weighted by atomic mass is 79.9. The molecular weight excluding hydrogens is 256 g/mol. The first-order valence-corrected chi connectivity index (χ1v) is 6.25. The van der Waals surface area contributed by atoms with E-state index in [2.05, 4.69) is 32.6 Å². The maximum Gasteiger partial charge on any atom is 0.0738 e. The Labute approximate surface area is 98.9 Å². The average Bonchev–Trinajstić information content (AvgIpc) is 2.80. The molecule has 1 fully saturated rings. The zero-order valence-corrected chi connectivity index (χ0v) is 10.9. The van der Waals surface area contributed by atoms with Crippen molar-refractivity contribution in [3.63, 3.8) is 0 Å². The molecule has 0 bridgehead atoms. The minimum absolute atomic E-state index is 0.729. The molecule has 0 spiro atoms. The molecule has 3 nitrogen and oxygen atoms in total. The fourth-order valence-electron chi connectivity index (χ4n) is 2.01. The molecule has 2 heterocycles. The van der Waals surface area contributed by atoms with E-state index in [1.165, 1.54) is 18.5 Å². The number of rotatable bonds is 3. The third-order valence-corrected chi connectivity index (χ3v) is 4.21. The van der Waals surface area contributed by atoms with Gasteiger partial charge in [-0.2, -0.15) is 5.10 Å². The summed E-state index contributed by atoms with van der Waals surface area (Å²) in [6.07, 6.45) is 2.38. The van der Waals surface area contributed by atoms with Gasteiger partial charge in [0.1, 0.15) is 0 Å². The van der Waals surface area contributed by atoms with Crippen molar-refractivity contribution >= 4 is 15.9 Å². The first kappa shape index (κ1) is 11.1. The van der Waals surface area contributed by atoms with E-state index in [4.69, 9.17) is 4.74 Å². The zero-order valence-electron chi connectivity index (χ0n) is 9.29. The molecule has 1 aliphatic rings. The van der Waals surface area contributed by atoms with Gasteiger partial charge in [0.05, 0.1) is 10.2 Å². The quantitative estimate of drug-likeness (QED) is 0.846. The van der Waals surface area contributed by atoms with E-state index in [1.54, 1.807) is 0 Å². The number of aromatic nitrogens is 2. The molecule has 0 aromatic carbocycles. The summed E-state index contributed by atoms with van der Waals surface area (Å²) < 4.78 is 8.60. The summed E-state index contributed by atoms with van der Waals surface area (Å²) in [6.45, 7) is 7.01. The Bertz CT molecular complexity index is 343. The highest BCUT2D eigenvalue weighted by molar-refractivity contribution is 9.10. The van der Waals surface area contributed by atoms with Crippen LogP contribution in [-0.2, 0) is 11.3 Å². The molecule has 0 saturated carbocycles. The van der Waals surface area contributed by atoms with Gasteiger partial charge in [-0.1, -0.05) is 0 Å². The second-order valence-corrected chi connectivity index (χ2v) is 5.02. The Morgan fingerprint density at radius 2 is 2.33 bits per heavy atom. The Morgan fingerprint density at radius 1 is 1.53 bits per heavy atom. The van der Waals surface area contributed by atoms with Crippen LogP contribution in [0.2, 0.25) is 0 Å². The molecule has 84 valence electrons. The summed E-state index contributed by atoms with van der Waals surface area (Å²) in [6, 6.07) is 0. The predicted octanol–water partition coefficient (Wildman–Crippen LogP) is 2.69. The highest BCUT2D eigenvalue weighted by Crippen LogP contribution is 2.22. The molecule has 0 aliphatic carbocycles. The van der Waals surface area contributed by atoms with E-state index in [9.17, 15) is 0 Å². The number of hydrogen-bond donors (Lipinski definition) is 0. The first-order chi connectivity index (χ1) is 7.18. The molecule has 15 heavy (non-hydrogen) atoms. The van der Waals surface area contributed by atoms with Gasteiger partial charge >= 0.3 is 0 Å². The van der Waals surface area contributed by atoms with Gasteiger partial charge in [0.15, 0.2) is 0 Å². The molecule has 1 saturated heterocycles. The van der Waals surface area contributed by atoms with Crippen LogP contribution in [0.15, 0.2) is 4.47 Å². The molecule has 1 aromatic heterocycles. The maximum absolute atomic E-state index is 5.37. The van der Waals surface area contributed by atoms with Crippen LogP contribution in [0.4, 0.5) is 0 Å². The van der Waals surface area contributed by atoms with Gasteiger partial charge in [-0.25, -0.2) is 0 Å². The van der Waals surface area contributed by atoms with E-state index in [1.807, 2.05) is 6.92 Å². The zero-order chi connectivity index (χ0) is 10.8. The molecular formula is C11H17BrN2O. The van der Waals surface area contributed by atoms with Crippen molar-refractivity contribution in [3.05, 3.63) is 15.9 Å². The lowest BCUT2D eigenvalue weighted by atomic mass is 10.1. The summed E-state index contributed by atoms with van der Waals surface area (Å²) in [5.41, 5.74) is 2.31. The van der Waals surface area contributed by atoms with Crippen LogP contribution < -0.4 is 0 Å².